The lowest BCUT2D eigenvalue weighted by Crippen LogP contribution is -2.16. The third-order valence-electron chi connectivity index (χ3n) is 1.89. The van der Waals surface area contributed by atoms with Crippen LogP contribution in [0.3, 0.4) is 0 Å². The van der Waals surface area contributed by atoms with Crippen LogP contribution in [0.5, 0.6) is 11.5 Å². The SMILES string of the molecule is NCC#Cc1cccc2c1OCCO2. The predicted molar refractivity (Wildman–Crippen MR) is 53.4 cm³/mol. The molecule has 0 atom stereocenters. The Morgan fingerprint density at radius 2 is 2.14 bits per heavy atom. The van der Waals surface area contributed by atoms with E-state index in [1.54, 1.807) is 0 Å². The van der Waals surface area contributed by atoms with E-state index < -0.39 is 0 Å². The molecular weight excluding hydrogens is 178 g/mol. The summed E-state index contributed by atoms with van der Waals surface area (Å²) < 4.78 is 10.9. The van der Waals surface area contributed by atoms with E-state index in [-0.39, 0.29) is 0 Å². The third-order valence-corrected chi connectivity index (χ3v) is 1.89. The fraction of sp³-hybridized carbons (Fsp3) is 0.273. The van der Waals surface area contributed by atoms with Crippen LogP contribution in [0.1, 0.15) is 5.56 Å². The van der Waals surface area contributed by atoms with Crippen molar-refractivity contribution in [2.24, 2.45) is 5.73 Å². The zero-order chi connectivity index (χ0) is 9.80. The molecule has 14 heavy (non-hydrogen) atoms. The quantitative estimate of drug-likeness (QED) is 0.613. The van der Waals surface area contributed by atoms with Crippen molar-refractivity contribution in [1.29, 1.82) is 0 Å². The van der Waals surface area contributed by atoms with Crippen molar-refractivity contribution >= 4 is 0 Å². The van der Waals surface area contributed by atoms with E-state index in [1.165, 1.54) is 0 Å². The molecule has 1 aliphatic rings. The molecule has 0 aliphatic carbocycles. The molecule has 0 spiro atoms. The lowest BCUT2D eigenvalue weighted by Gasteiger charge is -2.18. The van der Waals surface area contributed by atoms with Gasteiger partial charge in [0.2, 0.25) is 0 Å². The first-order valence-corrected chi connectivity index (χ1v) is 4.49. The van der Waals surface area contributed by atoms with Crippen LogP contribution in [0.25, 0.3) is 0 Å². The molecule has 3 heteroatoms. The van der Waals surface area contributed by atoms with E-state index in [4.69, 9.17) is 15.2 Å². The summed E-state index contributed by atoms with van der Waals surface area (Å²) >= 11 is 0. The Balaban J connectivity index is 2.40. The minimum absolute atomic E-state index is 0.352. The first-order valence-electron chi connectivity index (χ1n) is 4.49. The number of nitrogens with two attached hydrogens (primary N) is 1. The molecule has 0 fully saturated rings. The molecule has 3 nitrogen and oxygen atoms in total. The molecular formula is C11H11NO2. The summed E-state index contributed by atoms with van der Waals surface area (Å²) in [5, 5.41) is 0. The Kier molecular flexibility index (Phi) is 2.57. The van der Waals surface area contributed by atoms with Gasteiger partial charge in [-0.15, -0.1) is 0 Å². The molecule has 72 valence electrons. The molecule has 1 aliphatic heterocycles. The second-order valence-corrected chi connectivity index (χ2v) is 2.84. The number of rotatable bonds is 0. The summed E-state index contributed by atoms with van der Waals surface area (Å²) in [7, 11) is 0. The van der Waals surface area contributed by atoms with Crippen molar-refractivity contribution in [3.63, 3.8) is 0 Å². The van der Waals surface area contributed by atoms with Crippen molar-refractivity contribution in [3.8, 4) is 23.3 Å². The zero-order valence-electron chi connectivity index (χ0n) is 7.75. The van der Waals surface area contributed by atoms with Gasteiger partial charge in [0.15, 0.2) is 11.5 Å². The molecule has 1 aromatic carbocycles. The van der Waals surface area contributed by atoms with E-state index in [0.29, 0.717) is 19.8 Å². The van der Waals surface area contributed by atoms with E-state index in [1.807, 2.05) is 18.2 Å². The van der Waals surface area contributed by atoms with Crippen molar-refractivity contribution < 1.29 is 9.47 Å². The minimum atomic E-state index is 0.352. The summed E-state index contributed by atoms with van der Waals surface area (Å²) in [6.07, 6.45) is 0. The molecule has 0 amide bonds. The molecule has 0 unspecified atom stereocenters. The van der Waals surface area contributed by atoms with Gasteiger partial charge in [-0.1, -0.05) is 17.9 Å². The maximum atomic E-state index is 5.48. The fourth-order valence-electron chi connectivity index (χ4n) is 1.32. The van der Waals surface area contributed by atoms with Gasteiger partial charge < -0.3 is 15.2 Å². The van der Waals surface area contributed by atoms with Crippen LogP contribution in [0.4, 0.5) is 0 Å². The van der Waals surface area contributed by atoms with Gasteiger partial charge in [-0.2, -0.15) is 0 Å². The van der Waals surface area contributed by atoms with Crippen LogP contribution in [-0.4, -0.2) is 19.8 Å². The Labute approximate surface area is 82.8 Å². The maximum Gasteiger partial charge on any atom is 0.176 e. The molecule has 0 saturated heterocycles. The number of benzene rings is 1. The first kappa shape index (κ1) is 8.92. The summed E-state index contributed by atoms with van der Waals surface area (Å²) in [6.45, 7) is 1.53. The smallest absolute Gasteiger partial charge is 0.176 e. The molecule has 0 saturated carbocycles. The number of fused-ring (bicyclic) bond motifs is 1. The first-order chi connectivity index (χ1) is 6.92. The Hall–Kier alpha value is -1.66. The highest BCUT2D eigenvalue weighted by Crippen LogP contribution is 2.32. The van der Waals surface area contributed by atoms with Gasteiger partial charge in [-0.25, -0.2) is 0 Å². The van der Waals surface area contributed by atoms with E-state index >= 15 is 0 Å². The fourth-order valence-corrected chi connectivity index (χ4v) is 1.32. The Bertz CT molecular complexity index is 390. The largest absolute Gasteiger partial charge is 0.486 e. The minimum Gasteiger partial charge on any atom is -0.486 e. The van der Waals surface area contributed by atoms with Gasteiger partial charge >= 0.3 is 0 Å². The number of hydrogen-bond donors (Lipinski definition) is 1. The van der Waals surface area contributed by atoms with Crippen LogP contribution < -0.4 is 15.2 Å². The molecule has 2 N–H and O–H groups in total. The van der Waals surface area contributed by atoms with Gasteiger partial charge in [-0.3, -0.25) is 0 Å². The third kappa shape index (κ3) is 1.66. The van der Waals surface area contributed by atoms with Gasteiger partial charge in [0, 0.05) is 0 Å². The monoisotopic (exact) mass is 189 g/mol. The number of hydrogen-bond acceptors (Lipinski definition) is 3. The second kappa shape index (κ2) is 4.03. The summed E-state index contributed by atoms with van der Waals surface area (Å²) in [4.78, 5) is 0. The maximum absolute atomic E-state index is 5.48. The summed E-state index contributed by atoms with van der Waals surface area (Å²) in [5.41, 5.74) is 6.15. The topological polar surface area (TPSA) is 44.5 Å². The second-order valence-electron chi connectivity index (χ2n) is 2.84. The zero-order valence-corrected chi connectivity index (χ0v) is 7.75. The average Bonchev–Trinajstić information content (AvgIpc) is 2.26. The predicted octanol–water partition coefficient (Wildman–Crippen LogP) is 0.768. The van der Waals surface area contributed by atoms with Crippen LogP contribution in [0, 0.1) is 11.8 Å². The molecule has 1 heterocycles. The molecule has 0 aromatic heterocycles. The summed E-state index contributed by atoms with van der Waals surface area (Å²) in [5.74, 6) is 7.25. The molecule has 0 radical (unpaired) electrons. The van der Waals surface area contributed by atoms with Crippen LogP contribution in [0.2, 0.25) is 0 Å². The Morgan fingerprint density at radius 1 is 1.29 bits per heavy atom. The van der Waals surface area contributed by atoms with Crippen LogP contribution in [-0.2, 0) is 0 Å². The molecule has 0 bridgehead atoms. The van der Waals surface area contributed by atoms with E-state index in [9.17, 15) is 0 Å². The molecule has 2 rings (SSSR count). The normalized spacial score (nSPS) is 12.9. The van der Waals surface area contributed by atoms with E-state index in [2.05, 4.69) is 11.8 Å². The standard InChI is InChI=1S/C11H11NO2/c12-6-2-4-9-3-1-5-10-11(9)14-8-7-13-10/h1,3,5H,6-8,12H2. The van der Waals surface area contributed by atoms with Gasteiger partial charge in [-0.05, 0) is 12.1 Å². The summed E-state index contributed by atoms with van der Waals surface area (Å²) in [6, 6.07) is 5.67. The highest BCUT2D eigenvalue weighted by molar-refractivity contribution is 5.54. The number of ether oxygens (including phenoxy) is 2. The number of para-hydroxylation sites is 1. The Morgan fingerprint density at radius 3 is 3.00 bits per heavy atom. The van der Waals surface area contributed by atoms with Gasteiger partial charge in [0.1, 0.15) is 13.2 Å². The van der Waals surface area contributed by atoms with Crippen LogP contribution in [0.15, 0.2) is 18.2 Å². The molecule has 1 aromatic rings. The van der Waals surface area contributed by atoms with Crippen molar-refractivity contribution in [3.05, 3.63) is 23.8 Å². The average molecular weight is 189 g/mol. The van der Waals surface area contributed by atoms with Crippen molar-refractivity contribution in [2.45, 2.75) is 0 Å². The van der Waals surface area contributed by atoms with Crippen molar-refractivity contribution in [2.75, 3.05) is 19.8 Å². The lowest BCUT2D eigenvalue weighted by atomic mass is 10.2. The van der Waals surface area contributed by atoms with Gasteiger partial charge in [0.25, 0.3) is 0 Å². The van der Waals surface area contributed by atoms with E-state index in [0.717, 1.165) is 17.1 Å². The highest BCUT2D eigenvalue weighted by Gasteiger charge is 2.13. The van der Waals surface area contributed by atoms with Crippen molar-refractivity contribution in [1.82, 2.24) is 0 Å². The lowest BCUT2D eigenvalue weighted by molar-refractivity contribution is 0.171. The van der Waals surface area contributed by atoms with Crippen LogP contribution >= 0.6 is 0 Å². The van der Waals surface area contributed by atoms with Gasteiger partial charge in [0.05, 0.1) is 12.1 Å². The highest BCUT2D eigenvalue weighted by atomic mass is 16.6.